The Morgan fingerprint density at radius 2 is 2.23 bits per heavy atom. The van der Waals surface area contributed by atoms with Crippen molar-refractivity contribution in [3.63, 3.8) is 0 Å². The number of esters is 1. The molecule has 1 saturated heterocycles. The summed E-state index contributed by atoms with van der Waals surface area (Å²) in [5.74, 6) is -19.9. The maximum Gasteiger partial charge on any atom is 0.323 e. The Morgan fingerprint density at radius 1 is 1.43 bits per heavy atom. The van der Waals surface area contributed by atoms with E-state index in [2.05, 4.69) is 0 Å². The Morgan fingerprint density at radius 3 is 2.93 bits per heavy atom. The lowest BCUT2D eigenvalue weighted by molar-refractivity contribution is -0.160. The molecule has 1 fully saturated rings. The van der Waals surface area contributed by atoms with Crippen LogP contribution in [-0.2, 0) is 15.9 Å². The molecule has 3 unspecified atom stereocenters. The standard InChI is InChI=1S/C24H38N2O4/c1-14(2)9-17-13-26-8-7-16-10-21(28-5)22(29-6)11-18(16)19(26)12-20(17)30-24(27)23(25)15(3)4/h10-11,14-15,17,19-20,23H,7-9,12-13,25H2,1-6H3/t17?,19?,20?,23-/m0/s1/i1D3,2D3,3D3,4D3,5D3,7D2,8D2,9D2,10D,11D,12D2,13D2,14D,15D,17D,23D. The molecule has 0 aromatic heterocycles. The highest BCUT2D eigenvalue weighted by Crippen LogP contribution is 2.44. The summed E-state index contributed by atoms with van der Waals surface area (Å²) in [6.45, 7) is -26.9. The number of ether oxygens (including phenoxy) is 3. The van der Waals surface area contributed by atoms with Crippen molar-refractivity contribution in [3.05, 3.63) is 23.2 Å². The van der Waals surface area contributed by atoms with E-state index in [1.165, 1.54) is 0 Å². The predicted molar refractivity (Wildman–Crippen MR) is 118 cm³/mol. The zero-order chi connectivity index (χ0) is 48.9. The van der Waals surface area contributed by atoms with Gasteiger partial charge in [-0.3, -0.25) is 9.69 Å². The third kappa shape index (κ3) is 4.75. The van der Waals surface area contributed by atoms with E-state index in [1.54, 1.807) is 0 Å². The maximum absolute atomic E-state index is 14.0. The Bertz CT molecular complexity index is 1880. The number of rotatable bonds is 7. The summed E-state index contributed by atoms with van der Waals surface area (Å²) < 4.78 is 274. The number of nitrogens with zero attached hydrogens (tertiary/aromatic N) is 1. The number of hydrogen-bond acceptors (Lipinski definition) is 6. The fraction of sp³-hybridized carbons (Fsp3) is 0.708. The maximum atomic E-state index is 14.0. The van der Waals surface area contributed by atoms with Crippen molar-refractivity contribution in [3.8, 4) is 11.5 Å². The highest BCUT2D eigenvalue weighted by atomic mass is 16.5. The molecule has 0 radical (unpaired) electrons. The van der Waals surface area contributed by atoms with Crippen LogP contribution in [0.4, 0.5) is 0 Å². The number of carbonyl (C=O) groups is 1. The Kier molecular flexibility index (Phi) is 1.78. The van der Waals surface area contributed by atoms with Crippen molar-refractivity contribution in [2.45, 2.75) is 64.7 Å². The first-order valence-corrected chi connectivity index (χ1v) is 8.06. The van der Waals surface area contributed by atoms with Crippen LogP contribution in [0.1, 0.15) is 99.8 Å². The molecular formula is C24H38N2O4. The summed E-state index contributed by atoms with van der Waals surface area (Å²) in [6.07, 6.45) is -17.7. The van der Waals surface area contributed by atoms with E-state index in [0.29, 0.717) is 7.11 Å². The molecule has 2 aliphatic rings. The monoisotopic (exact) mass is 449 g/mol. The van der Waals surface area contributed by atoms with Crippen LogP contribution in [0.25, 0.3) is 0 Å². The molecule has 1 aromatic rings. The summed E-state index contributed by atoms with van der Waals surface area (Å²) in [6, 6.07) is -10.8. The number of carbonyl (C=O) groups excluding carboxylic acids is 1. The molecule has 4 atom stereocenters. The number of benzene rings is 1. The molecule has 0 aliphatic carbocycles. The van der Waals surface area contributed by atoms with Crippen LogP contribution in [0, 0.1) is 17.7 Å². The molecule has 6 nitrogen and oxygen atoms in total. The van der Waals surface area contributed by atoms with Gasteiger partial charge in [-0.15, -0.1) is 0 Å². The highest BCUT2D eigenvalue weighted by Gasteiger charge is 2.41. The second-order valence-corrected chi connectivity index (χ2v) is 5.78. The molecular weight excluding hydrogens is 380 g/mol. The minimum Gasteiger partial charge on any atom is -0.493 e. The summed E-state index contributed by atoms with van der Waals surface area (Å²) in [4.78, 5) is 13.4. The number of fused-ring (bicyclic) bond motifs is 3. The zero-order valence-electron chi connectivity index (χ0n) is 46.3. The summed E-state index contributed by atoms with van der Waals surface area (Å²) in [5.41, 5.74) is 2.65. The van der Waals surface area contributed by atoms with Gasteiger partial charge in [0.1, 0.15) is 12.1 Å². The van der Waals surface area contributed by atoms with E-state index in [1.807, 2.05) is 0 Å². The van der Waals surface area contributed by atoms with Gasteiger partial charge in [-0.25, -0.2) is 0 Å². The first-order chi connectivity index (χ1) is 26.4. The topological polar surface area (TPSA) is 74.0 Å². The average Bonchev–Trinajstić information content (AvgIpc) is 3.01. The quantitative estimate of drug-likeness (QED) is 0.642. The first-order valence-electron chi connectivity index (χ1n) is 23.6. The molecule has 0 amide bonds. The van der Waals surface area contributed by atoms with Crippen LogP contribution < -0.4 is 15.2 Å². The van der Waals surface area contributed by atoms with E-state index in [0.717, 1.165) is 0 Å². The van der Waals surface area contributed by atoms with Gasteiger partial charge < -0.3 is 19.9 Å². The normalized spacial score (nSPS) is 53.6. The highest BCUT2D eigenvalue weighted by molar-refractivity contribution is 5.76. The Balaban J connectivity index is 2.79. The van der Waals surface area contributed by atoms with E-state index < -0.39 is 148 Å². The molecule has 2 heterocycles. The van der Waals surface area contributed by atoms with Crippen LogP contribution in [0.2, 0.25) is 0 Å². The average molecular weight is 450 g/mol. The molecule has 3 rings (SSSR count). The number of hydrogen-bond donors (Lipinski definition) is 1. The Labute approximate surface area is 224 Å². The van der Waals surface area contributed by atoms with Gasteiger partial charge in [-0.05, 0) is 47.7 Å². The van der Waals surface area contributed by atoms with Crippen molar-refractivity contribution in [2.75, 3.05) is 27.1 Å². The summed E-state index contributed by atoms with van der Waals surface area (Å²) >= 11 is 0. The second-order valence-electron chi connectivity index (χ2n) is 5.78. The van der Waals surface area contributed by atoms with Crippen molar-refractivity contribution in [2.24, 2.45) is 23.4 Å². The first kappa shape index (κ1) is 5.57. The molecule has 168 valence electrons. The third-order valence-corrected chi connectivity index (χ3v) is 3.89. The van der Waals surface area contributed by atoms with Gasteiger partial charge in [0.15, 0.2) is 11.5 Å². The summed E-state index contributed by atoms with van der Waals surface area (Å²) in [7, 11) is -2.82. The largest absolute Gasteiger partial charge is 0.493 e. The van der Waals surface area contributed by atoms with Crippen LogP contribution >= 0.6 is 0 Å². The van der Waals surface area contributed by atoms with Crippen molar-refractivity contribution in [1.29, 1.82) is 0 Å². The van der Waals surface area contributed by atoms with Gasteiger partial charge in [0.25, 0.3) is 0 Å². The molecule has 6 heteroatoms. The number of piperidine rings is 1. The van der Waals surface area contributed by atoms with Gasteiger partial charge in [-0.2, -0.15) is 0 Å². The van der Waals surface area contributed by atoms with E-state index in [9.17, 15) is 11.6 Å². The molecule has 30 heavy (non-hydrogen) atoms. The van der Waals surface area contributed by atoms with Crippen molar-refractivity contribution < 1.29 is 61.5 Å². The van der Waals surface area contributed by atoms with Gasteiger partial charge in [0, 0.05) is 65.6 Å². The van der Waals surface area contributed by atoms with E-state index in [4.69, 9.17) is 55.6 Å². The predicted octanol–water partition coefficient (Wildman–Crippen LogP) is 3.56. The van der Waals surface area contributed by atoms with Gasteiger partial charge in [0.2, 0.25) is 0 Å². The number of nitrogens with two attached hydrogens (primary N) is 1. The smallest absolute Gasteiger partial charge is 0.323 e. The molecule has 0 saturated carbocycles. The minimum absolute atomic E-state index is 0.672. The van der Waals surface area contributed by atoms with Gasteiger partial charge in [0.05, 0.1) is 22.4 Å². The molecule has 0 bridgehead atoms. The third-order valence-electron chi connectivity index (χ3n) is 3.89. The fourth-order valence-corrected chi connectivity index (χ4v) is 2.57. The van der Waals surface area contributed by atoms with Crippen molar-refractivity contribution >= 4 is 5.97 Å². The van der Waals surface area contributed by atoms with Crippen LogP contribution in [0.3, 0.4) is 0 Å². The molecule has 0 spiro atoms. The van der Waals surface area contributed by atoms with E-state index >= 15 is 0 Å². The summed E-state index contributed by atoms with van der Waals surface area (Å²) in [5, 5.41) is 0. The SMILES string of the molecule is [2H]c1c(OC)c(OC([2H])([2H])[2H])c([2H])c2c1C1N(C([2H])([2H])C2([2H])[2H])C([2H])([2H])C([2H])(C([2H])([2H])C([2H])(C([2H])([2H])[2H])C([2H])([2H])[2H])C(OC(=O)[C@@]([2H])(N)C([2H])(C([2H])([2H])[2H])C([2H])([2H])[2H])C1([2H])[2H]. The minimum atomic E-state index is -5.13. The van der Waals surface area contributed by atoms with Crippen LogP contribution in [0.5, 0.6) is 11.5 Å². The fourth-order valence-electron chi connectivity index (χ4n) is 2.57. The van der Waals surface area contributed by atoms with Crippen LogP contribution in [-0.4, -0.2) is 50.1 Å². The lowest BCUT2D eigenvalue weighted by Crippen LogP contribution is -2.51. The lowest BCUT2D eigenvalue weighted by atomic mass is 9.79. The number of methoxy groups -OCH3 is 2. The van der Waals surface area contributed by atoms with E-state index in [-0.39, 0.29) is 0 Å². The Hall–Kier alpha value is -1.79. The molecule has 2 N–H and O–H groups in total. The van der Waals surface area contributed by atoms with Gasteiger partial charge >= 0.3 is 5.97 Å². The molecule has 2 aliphatic heterocycles. The van der Waals surface area contributed by atoms with Crippen molar-refractivity contribution in [1.82, 2.24) is 4.90 Å². The molecule has 1 aromatic carbocycles. The lowest BCUT2D eigenvalue weighted by Gasteiger charge is -2.47. The second kappa shape index (κ2) is 9.56. The zero-order valence-corrected chi connectivity index (χ0v) is 15.3. The van der Waals surface area contributed by atoms with Crippen LogP contribution in [0.15, 0.2) is 12.1 Å². The van der Waals surface area contributed by atoms with Gasteiger partial charge in [-0.1, -0.05) is 27.4 Å².